The SMILES string of the molecule is Cc1nc(-c2cccc(-c3noc(-c4ccc5c(c4)OCO5)n3)c2)cs1. The summed E-state index contributed by atoms with van der Waals surface area (Å²) in [5, 5.41) is 7.20. The highest BCUT2D eigenvalue weighted by Crippen LogP contribution is 2.36. The van der Waals surface area contributed by atoms with Gasteiger partial charge in [0, 0.05) is 22.1 Å². The van der Waals surface area contributed by atoms with Gasteiger partial charge in [-0.25, -0.2) is 4.98 Å². The molecule has 4 aromatic rings. The molecule has 6 nitrogen and oxygen atoms in total. The fourth-order valence-electron chi connectivity index (χ4n) is 2.80. The average Bonchev–Trinajstić information content (AvgIpc) is 3.41. The molecule has 0 saturated carbocycles. The summed E-state index contributed by atoms with van der Waals surface area (Å²) in [5.41, 5.74) is 3.65. The molecule has 0 saturated heterocycles. The van der Waals surface area contributed by atoms with Crippen molar-refractivity contribution in [2.24, 2.45) is 0 Å². The van der Waals surface area contributed by atoms with E-state index in [1.165, 1.54) is 0 Å². The Balaban J connectivity index is 1.49. The summed E-state index contributed by atoms with van der Waals surface area (Å²) in [4.78, 5) is 9.05. The molecule has 0 atom stereocenters. The van der Waals surface area contributed by atoms with Gasteiger partial charge >= 0.3 is 0 Å². The molecule has 0 N–H and O–H groups in total. The van der Waals surface area contributed by atoms with Crippen molar-refractivity contribution in [3.05, 3.63) is 52.9 Å². The van der Waals surface area contributed by atoms with Gasteiger partial charge in [0.25, 0.3) is 5.89 Å². The Morgan fingerprint density at radius 1 is 0.923 bits per heavy atom. The molecule has 128 valence electrons. The van der Waals surface area contributed by atoms with E-state index in [-0.39, 0.29) is 6.79 Å². The molecule has 3 heterocycles. The van der Waals surface area contributed by atoms with E-state index in [1.54, 1.807) is 11.3 Å². The number of hydrogen-bond donors (Lipinski definition) is 0. The molecule has 1 aliphatic rings. The number of aromatic nitrogens is 3. The van der Waals surface area contributed by atoms with Gasteiger partial charge < -0.3 is 14.0 Å². The van der Waals surface area contributed by atoms with Gasteiger partial charge in [-0.1, -0.05) is 23.4 Å². The summed E-state index contributed by atoms with van der Waals surface area (Å²) in [6.07, 6.45) is 0. The zero-order valence-corrected chi connectivity index (χ0v) is 14.6. The van der Waals surface area contributed by atoms with Crippen LogP contribution in [0.25, 0.3) is 34.1 Å². The number of fused-ring (bicyclic) bond motifs is 1. The number of rotatable bonds is 3. The third kappa shape index (κ3) is 2.62. The minimum Gasteiger partial charge on any atom is -0.454 e. The number of thiazole rings is 1. The molecule has 0 bridgehead atoms. The lowest BCUT2D eigenvalue weighted by Crippen LogP contribution is -1.92. The smallest absolute Gasteiger partial charge is 0.258 e. The summed E-state index contributed by atoms with van der Waals surface area (Å²) < 4.78 is 16.2. The van der Waals surface area contributed by atoms with E-state index in [4.69, 9.17) is 14.0 Å². The standard InChI is InChI=1S/C19H13N3O3S/c1-11-20-15(9-26-11)12-3-2-4-13(7-12)18-21-19(25-22-18)14-5-6-16-17(8-14)24-10-23-16/h2-9H,10H2,1H3. The Labute approximate surface area is 153 Å². The lowest BCUT2D eigenvalue weighted by molar-refractivity contribution is 0.174. The fraction of sp³-hybridized carbons (Fsp3) is 0.105. The predicted molar refractivity (Wildman–Crippen MR) is 97.1 cm³/mol. The summed E-state index contributed by atoms with van der Waals surface area (Å²) in [5.74, 6) is 2.38. The predicted octanol–water partition coefficient (Wildman–Crippen LogP) is 4.56. The molecule has 2 aromatic heterocycles. The minimum atomic E-state index is 0.233. The summed E-state index contributed by atoms with van der Waals surface area (Å²) >= 11 is 1.63. The second-order valence-corrected chi connectivity index (χ2v) is 6.89. The van der Waals surface area contributed by atoms with Gasteiger partial charge in [0.15, 0.2) is 11.5 Å². The highest BCUT2D eigenvalue weighted by atomic mass is 32.1. The van der Waals surface area contributed by atoms with E-state index >= 15 is 0 Å². The normalized spacial score (nSPS) is 12.5. The Morgan fingerprint density at radius 3 is 2.69 bits per heavy atom. The number of nitrogens with zero attached hydrogens (tertiary/aromatic N) is 3. The molecule has 2 aromatic carbocycles. The van der Waals surface area contributed by atoms with Gasteiger partial charge in [-0.2, -0.15) is 4.98 Å². The summed E-state index contributed by atoms with van der Waals surface area (Å²) in [7, 11) is 0. The topological polar surface area (TPSA) is 70.3 Å². The largest absolute Gasteiger partial charge is 0.454 e. The van der Waals surface area contributed by atoms with Crippen LogP contribution < -0.4 is 9.47 Å². The Kier molecular flexibility index (Phi) is 3.46. The second kappa shape index (κ2) is 5.96. The number of ether oxygens (including phenoxy) is 2. The number of hydrogen-bond acceptors (Lipinski definition) is 7. The first-order valence-corrected chi connectivity index (χ1v) is 8.91. The van der Waals surface area contributed by atoms with Crippen molar-refractivity contribution in [2.45, 2.75) is 6.92 Å². The van der Waals surface area contributed by atoms with Crippen LogP contribution in [0, 0.1) is 6.92 Å². The molecule has 1 aliphatic heterocycles. The molecular weight excluding hydrogens is 350 g/mol. The minimum absolute atomic E-state index is 0.233. The van der Waals surface area contributed by atoms with Crippen molar-refractivity contribution in [1.82, 2.24) is 15.1 Å². The van der Waals surface area contributed by atoms with E-state index in [0.717, 1.165) is 33.1 Å². The van der Waals surface area contributed by atoms with Crippen LogP contribution in [-0.2, 0) is 0 Å². The van der Waals surface area contributed by atoms with Crippen LogP contribution in [0.2, 0.25) is 0 Å². The first-order chi connectivity index (χ1) is 12.8. The van der Waals surface area contributed by atoms with E-state index in [0.29, 0.717) is 17.5 Å². The van der Waals surface area contributed by atoms with Crippen molar-refractivity contribution in [2.75, 3.05) is 6.79 Å². The number of benzene rings is 2. The Hall–Kier alpha value is -3.19. The third-order valence-corrected chi connectivity index (χ3v) is 4.85. The van der Waals surface area contributed by atoms with Crippen molar-refractivity contribution in [3.63, 3.8) is 0 Å². The quantitative estimate of drug-likeness (QED) is 0.531. The first kappa shape index (κ1) is 15.1. The Morgan fingerprint density at radius 2 is 1.81 bits per heavy atom. The molecule has 0 fully saturated rings. The van der Waals surface area contributed by atoms with Gasteiger partial charge in [0.1, 0.15) is 0 Å². The molecule has 0 spiro atoms. The lowest BCUT2D eigenvalue weighted by atomic mass is 10.1. The van der Waals surface area contributed by atoms with E-state index in [2.05, 4.69) is 15.1 Å². The molecule has 0 unspecified atom stereocenters. The maximum Gasteiger partial charge on any atom is 0.258 e. The van der Waals surface area contributed by atoms with Crippen molar-refractivity contribution in [1.29, 1.82) is 0 Å². The van der Waals surface area contributed by atoms with Crippen LogP contribution in [0.5, 0.6) is 11.5 Å². The van der Waals surface area contributed by atoms with Crippen LogP contribution in [0.4, 0.5) is 0 Å². The second-order valence-electron chi connectivity index (χ2n) is 5.82. The van der Waals surface area contributed by atoms with Gasteiger partial charge in [0.2, 0.25) is 12.6 Å². The third-order valence-electron chi connectivity index (χ3n) is 4.08. The molecule has 0 aliphatic carbocycles. The van der Waals surface area contributed by atoms with Gasteiger partial charge in [-0.3, -0.25) is 0 Å². The van der Waals surface area contributed by atoms with Crippen LogP contribution in [0.15, 0.2) is 52.4 Å². The van der Waals surface area contributed by atoms with E-state index in [9.17, 15) is 0 Å². The molecule has 0 amide bonds. The van der Waals surface area contributed by atoms with Gasteiger partial charge in [-0.15, -0.1) is 11.3 Å². The van der Waals surface area contributed by atoms with Crippen molar-refractivity contribution < 1.29 is 14.0 Å². The number of aryl methyl sites for hydroxylation is 1. The molecule has 5 rings (SSSR count). The Bertz CT molecular complexity index is 1100. The molecule has 26 heavy (non-hydrogen) atoms. The van der Waals surface area contributed by atoms with Crippen molar-refractivity contribution in [3.8, 4) is 45.6 Å². The van der Waals surface area contributed by atoms with Crippen LogP contribution in [0.3, 0.4) is 0 Å². The maximum atomic E-state index is 5.44. The molecule has 7 heteroatoms. The monoisotopic (exact) mass is 363 g/mol. The lowest BCUT2D eigenvalue weighted by Gasteiger charge is -1.99. The van der Waals surface area contributed by atoms with Crippen molar-refractivity contribution >= 4 is 11.3 Å². The maximum absolute atomic E-state index is 5.44. The van der Waals surface area contributed by atoms with Crippen LogP contribution >= 0.6 is 11.3 Å². The highest BCUT2D eigenvalue weighted by Gasteiger charge is 2.17. The molecular formula is C19H13N3O3S. The van der Waals surface area contributed by atoms with Crippen LogP contribution in [0.1, 0.15) is 5.01 Å². The zero-order valence-electron chi connectivity index (χ0n) is 13.8. The summed E-state index contributed by atoms with van der Waals surface area (Å²) in [6, 6.07) is 13.5. The molecule has 0 radical (unpaired) electrons. The van der Waals surface area contributed by atoms with Gasteiger partial charge in [0.05, 0.1) is 10.7 Å². The van der Waals surface area contributed by atoms with E-state index < -0.39 is 0 Å². The van der Waals surface area contributed by atoms with Crippen LogP contribution in [-0.4, -0.2) is 21.9 Å². The highest BCUT2D eigenvalue weighted by molar-refractivity contribution is 7.09. The van der Waals surface area contributed by atoms with Gasteiger partial charge in [-0.05, 0) is 31.2 Å². The fourth-order valence-corrected chi connectivity index (χ4v) is 3.42. The average molecular weight is 363 g/mol. The summed E-state index contributed by atoms with van der Waals surface area (Å²) in [6.45, 7) is 2.23. The first-order valence-electron chi connectivity index (χ1n) is 8.03. The van der Waals surface area contributed by atoms with E-state index in [1.807, 2.05) is 54.8 Å². The zero-order chi connectivity index (χ0) is 17.5.